The third kappa shape index (κ3) is 5.97. The Morgan fingerprint density at radius 2 is 2.00 bits per heavy atom. The Hall–Kier alpha value is -3.06. The summed E-state index contributed by atoms with van der Waals surface area (Å²) in [6.07, 6.45) is 1.48. The van der Waals surface area contributed by atoms with E-state index in [1.54, 1.807) is 6.92 Å². The summed E-state index contributed by atoms with van der Waals surface area (Å²) >= 11 is 0. The van der Waals surface area contributed by atoms with Gasteiger partial charge in [0.2, 0.25) is 10.0 Å². The lowest BCUT2D eigenvalue weighted by atomic mass is 10.2. The number of rotatable bonds is 9. The highest BCUT2D eigenvalue weighted by molar-refractivity contribution is 7.92. The van der Waals surface area contributed by atoms with Gasteiger partial charge >= 0.3 is 6.03 Å². The van der Waals surface area contributed by atoms with Crippen molar-refractivity contribution < 1.29 is 27.1 Å². The van der Waals surface area contributed by atoms with Gasteiger partial charge in [-0.05, 0) is 18.6 Å². The fraction of sp³-hybridized carbons (Fsp3) is 0.353. The molecule has 0 aliphatic carbocycles. The molecule has 1 aromatic heterocycles. The molecule has 0 fully saturated rings. The number of aliphatic hydroxyl groups excluding tert-OH is 1. The minimum atomic E-state index is -3.81. The van der Waals surface area contributed by atoms with Crippen LogP contribution in [0.25, 0.3) is 0 Å². The maximum atomic E-state index is 14.7. The van der Waals surface area contributed by atoms with Crippen LogP contribution in [0.5, 0.6) is 0 Å². The van der Waals surface area contributed by atoms with Crippen molar-refractivity contribution in [2.24, 2.45) is 0 Å². The van der Waals surface area contributed by atoms with Gasteiger partial charge < -0.3 is 15.7 Å². The number of aromatic nitrogens is 2. The van der Waals surface area contributed by atoms with Crippen LogP contribution in [0.2, 0.25) is 0 Å². The Kier molecular flexibility index (Phi) is 7.83. The Bertz CT molecular complexity index is 1010. The average Bonchev–Trinajstić information content (AvgIpc) is 2.71. The zero-order valence-corrected chi connectivity index (χ0v) is 17.1. The number of halogens is 2. The molecule has 4 N–H and O–H groups in total. The van der Waals surface area contributed by atoms with Crippen molar-refractivity contribution in [2.45, 2.75) is 13.3 Å². The number of carbonyl (C=O) groups excluding carboxylic acids is 1. The van der Waals surface area contributed by atoms with Crippen LogP contribution in [-0.4, -0.2) is 55.5 Å². The summed E-state index contributed by atoms with van der Waals surface area (Å²) in [5.41, 5.74) is -1.29. The molecule has 13 heteroatoms. The number of hydrogen-bond donors (Lipinski definition) is 4. The third-order valence-electron chi connectivity index (χ3n) is 3.78. The molecular formula is C17H22F2N6O4S. The molecule has 0 aliphatic rings. The molecule has 0 bridgehead atoms. The van der Waals surface area contributed by atoms with Crippen molar-refractivity contribution in [1.82, 2.24) is 9.97 Å². The number of carbonyl (C=O) groups is 1. The summed E-state index contributed by atoms with van der Waals surface area (Å²) in [4.78, 5) is 21.3. The lowest BCUT2D eigenvalue weighted by Crippen LogP contribution is -2.32. The number of urea groups is 1. The predicted octanol–water partition coefficient (Wildman–Crippen LogP) is 1.98. The van der Waals surface area contributed by atoms with Crippen molar-refractivity contribution >= 4 is 39.1 Å². The van der Waals surface area contributed by atoms with E-state index in [1.807, 2.05) is 4.72 Å². The highest BCUT2D eigenvalue weighted by atomic mass is 32.2. The molecule has 30 heavy (non-hydrogen) atoms. The van der Waals surface area contributed by atoms with E-state index < -0.39 is 39.1 Å². The minimum Gasteiger partial charge on any atom is -0.395 e. The zero-order valence-electron chi connectivity index (χ0n) is 16.3. The first-order valence-electron chi connectivity index (χ1n) is 8.88. The SMILES string of the molecule is CCCS(=O)(=O)Nc1ccc(F)c(NC(=O)N(C)c2cc(NCCO)ncn2)c1F. The number of anilines is 4. The summed E-state index contributed by atoms with van der Waals surface area (Å²) < 4.78 is 54.6. The maximum absolute atomic E-state index is 14.7. The zero-order chi connectivity index (χ0) is 22.3. The van der Waals surface area contributed by atoms with Crippen molar-refractivity contribution in [1.29, 1.82) is 0 Å². The largest absolute Gasteiger partial charge is 0.395 e. The lowest BCUT2D eigenvalue weighted by Gasteiger charge is -2.19. The molecule has 1 heterocycles. The fourth-order valence-corrected chi connectivity index (χ4v) is 3.47. The number of nitrogens with one attached hydrogen (secondary N) is 3. The first kappa shape index (κ1) is 23.2. The van der Waals surface area contributed by atoms with Gasteiger partial charge in [0.05, 0.1) is 18.0 Å². The average molecular weight is 444 g/mol. The van der Waals surface area contributed by atoms with E-state index in [1.165, 1.54) is 19.4 Å². The van der Waals surface area contributed by atoms with Crippen LogP contribution in [0.15, 0.2) is 24.5 Å². The van der Waals surface area contributed by atoms with E-state index in [9.17, 15) is 22.0 Å². The summed E-state index contributed by atoms with van der Waals surface area (Å²) in [7, 11) is -2.50. The predicted molar refractivity (Wildman–Crippen MR) is 109 cm³/mol. The van der Waals surface area contributed by atoms with Crippen LogP contribution < -0.4 is 20.3 Å². The molecule has 164 valence electrons. The van der Waals surface area contributed by atoms with E-state index in [0.717, 1.165) is 17.0 Å². The molecule has 0 atom stereocenters. The first-order chi connectivity index (χ1) is 14.2. The van der Waals surface area contributed by atoms with Crippen molar-refractivity contribution in [3.8, 4) is 0 Å². The molecule has 2 aromatic rings. The fourth-order valence-electron chi connectivity index (χ4n) is 2.34. The second-order valence-electron chi connectivity index (χ2n) is 6.11. The van der Waals surface area contributed by atoms with E-state index >= 15 is 0 Å². The van der Waals surface area contributed by atoms with E-state index in [-0.39, 0.29) is 24.7 Å². The van der Waals surface area contributed by atoms with Gasteiger partial charge in [-0.1, -0.05) is 6.92 Å². The Balaban J connectivity index is 2.23. The Morgan fingerprint density at radius 3 is 2.67 bits per heavy atom. The Labute approximate surface area is 172 Å². The van der Waals surface area contributed by atoms with Gasteiger partial charge in [-0.25, -0.2) is 32.0 Å². The van der Waals surface area contributed by atoms with Crippen LogP contribution in [0, 0.1) is 11.6 Å². The normalized spacial score (nSPS) is 11.1. The summed E-state index contributed by atoms with van der Waals surface area (Å²) in [5, 5.41) is 13.7. The van der Waals surface area contributed by atoms with Crippen LogP contribution in [0.4, 0.5) is 36.6 Å². The summed E-state index contributed by atoms with van der Waals surface area (Å²) in [5.74, 6) is -2.14. The monoisotopic (exact) mass is 444 g/mol. The van der Waals surface area contributed by atoms with Crippen LogP contribution in [0.1, 0.15) is 13.3 Å². The summed E-state index contributed by atoms with van der Waals surface area (Å²) in [6.45, 7) is 1.73. The van der Waals surface area contributed by atoms with Crippen molar-refractivity contribution in [3.05, 3.63) is 36.2 Å². The second kappa shape index (κ2) is 10.1. The smallest absolute Gasteiger partial charge is 0.327 e. The molecule has 0 saturated carbocycles. The van der Waals surface area contributed by atoms with Gasteiger partial charge in [0, 0.05) is 19.7 Å². The van der Waals surface area contributed by atoms with Crippen molar-refractivity contribution in [2.75, 3.05) is 46.2 Å². The molecule has 0 radical (unpaired) electrons. The second-order valence-corrected chi connectivity index (χ2v) is 7.95. The van der Waals surface area contributed by atoms with Crippen LogP contribution in [-0.2, 0) is 10.0 Å². The molecule has 2 rings (SSSR count). The lowest BCUT2D eigenvalue weighted by molar-refractivity contribution is 0.257. The highest BCUT2D eigenvalue weighted by Gasteiger charge is 2.21. The molecule has 0 unspecified atom stereocenters. The topological polar surface area (TPSA) is 137 Å². The molecule has 0 saturated heterocycles. The van der Waals surface area contributed by atoms with E-state index in [0.29, 0.717) is 12.2 Å². The van der Waals surface area contributed by atoms with Gasteiger partial charge in [-0.2, -0.15) is 0 Å². The van der Waals surface area contributed by atoms with Crippen LogP contribution >= 0.6 is 0 Å². The molecule has 0 spiro atoms. The number of sulfonamides is 1. The molecular weight excluding hydrogens is 422 g/mol. The minimum absolute atomic E-state index is 0.114. The number of aliphatic hydroxyl groups is 1. The quantitative estimate of drug-likeness (QED) is 0.464. The van der Waals surface area contributed by atoms with Gasteiger partial charge in [0.1, 0.15) is 29.5 Å². The molecule has 0 aliphatic heterocycles. The van der Waals surface area contributed by atoms with Gasteiger partial charge in [0.15, 0.2) is 5.82 Å². The molecule has 2 amide bonds. The van der Waals surface area contributed by atoms with Crippen LogP contribution in [0.3, 0.4) is 0 Å². The Morgan fingerprint density at radius 1 is 1.27 bits per heavy atom. The number of benzene rings is 1. The maximum Gasteiger partial charge on any atom is 0.327 e. The highest BCUT2D eigenvalue weighted by Crippen LogP contribution is 2.27. The van der Waals surface area contributed by atoms with Gasteiger partial charge in [0.25, 0.3) is 0 Å². The van der Waals surface area contributed by atoms with Gasteiger partial charge in [-0.3, -0.25) is 9.62 Å². The first-order valence-corrected chi connectivity index (χ1v) is 10.5. The summed E-state index contributed by atoms with van der Waals surface area (Å²) in [6, 6.07) is 2.25. The molecule has 1 aromatic carbocycles. The number of amides is 2. The van der Waals surface area contributed by atoms with E-state index in [2.05, 4.69) is 20.6 Å². The van der Waals surface area contributed by atoms with Crippen molar-refractivity contribution in [3.63, 3.8) is 0 Å². The third-order valence-corrected chi connectivity index (χ3v) is 5.26. The molecule has 10 nitrogen and oxygen atoms in total. The van der Waals surface area contributed by atoms with E-state index in [4.69, 9.17) is 5.11 Å². The standard InChI is InChI=1S/C17H22F2N6O4S/c1-3-8-30(28,29)24-12-5-4-11(18)16(15(12)19)23-17(27)25(2)14-9-13(20-6-7-26)21-10-22-14/h4-5,9-10,24,26H,3,6-8H2,1-2H3,(H,23,27)(H,20,21,22). The number of hydrogen-bond acceptors (Lipinski definition) is 7. The number of nitrogens with zero attached hydrogens (tertiary/aromatic N) is 3. The van der Waals surface area contributed by atoms with Gasteiger partial charge in [-0.15, -0.1) is 0 Å².